The Hall–Kier alpha value is -2.14. The molecule has 3 rings (SSSR count). The normalized spacial score (nSPS) is 15.0. The molecule has 1 heterocycles. The van der Waals surface area contributed by atoms with Crippen molar-refractivity contribution in [3.63, 3.8) is 0 Å². The van der Waals surface area contributed by atoms with Crippen LogP contribution in [0.3, 0.4) is 0 Å². The Morgan fingerprint density at radius 3 is 2.62 bits per heavy atom. The summed E-state index contributed by atoms with van der Waals surface area (Å²) in [7, 11) is 0. The molecule has 138 valence electrons. The second-order valence-electron chi connectivity index (χ2n) is 6.74. The number of rotatable bonds is 4. The Bertz CT molecular complexity index is 856. The van der Waals surface area contributed by atoms with Crippen LogP contribution in [0.1, 0.15) is 55.2 Å². The highest BCUT2D eigenvalue weighted by Gasteiger charge is 2.28. The Kier molecular flexibility index (Phi) is 5.77. The van der Waals surface area contributed by atoms with Gasteiger partial charge in [0.2, 0.25) is 5.43 Å². The minimum absolute atomic E-state index is 0.0389. The lowest BCUT2D eigenvalue weighted by molar-refractivity contribution is 0.0638. The Morgan fingerprint density at radius 1 is 1.27 bits per heavy atom. The molecule has 1 aromatic carbocycles. The molecule has 1 saturated carbocycles. The fourth-order valence-corrected chi connectivity index (χ4v) is 3.88. The minimum atomic E-state index is -0.343. The molecular weight excluding hydrogens is 350 g/mol. The maximum absolute atomic E-state index is 13.1. The molecule has 5 nitrogen and oxygen atoms in total. The smallest absolute Gasteiger partial charge is 0.278 e. The number of aryl methyl sites for hydroxylation is 1. The molecule has 0 atom stereocenters. The SMILES string of the molecule is CCN(C(=O)c1nn(-c2ccccc2Cl)c(C)cc1=O)C1CCCCC1. The van der Waals surface area contributed by atoms with Gasteiger partial charge in [-0.25, -0.2) is 4.68 Å². The average molecular weight is 374 g/mol. The summed E-state index contributed by atoms with van der Waals surface area (Å²) in [5.41, 5.74) is 0.912. The molecule has 1 aromatic heterocycles. The lowest BCUT2D eigenvalue weighted by atomic mass is 9.94. The van der Waals surface area contributed by atoms with Crippen LogP contribution in [0.5, 0.6) is 0 Å². The van der Waals surface area contributed by atoms with Gasteiger partial charge in [0.05, 0.1) is 10.7 Å². The number of carbonyl (C=O) groups excluding carboxylic acids is 1. The number of halogens is 1. The fraction of sp³-hybridized carbons (Fsp3) is 0.450. The number of aromatic nitrogens is 2. The third-order valence-corrected chi connectivity index (χ3v) is 5.33. The highest BCUT2D eigenvalue weighted by Crippen LogP contribution is 2.24. The zero-order chi connectivity index (χ0) is 18.7. The van der Waals surface area contributed by atoms with Gasteiger partial charge in [-0.05, 0) is 38.8 Å². The summed E-state index contributed by atoms with van der Waals surface area (Å²) in [4.78, 5) is 27.4. The van der Waals surface area contributed by atoms with Crippen molar-refractivity contribution < 1.29 is 4.79 Å². The number of nitrogens with zero attached hydrogens (tertiary/aromatic N) is 3. The molecule has 1 aliphatic carbocycles. The van der Waals surface area contributed by atoms with Crippen LogP contribution in [0, 0.1) is 6.92 Å². The van der Waals surface area contributed by atoms with E-state index in [9.17, 15) is 9.59 Å². The molecule has 1 amide bonds. The van der Waals surface area contributed by atoms with Crippen LogP contribution in [-0.2, 0) is 0 Å². The van der Waals surface area contributed by atoms with Gasteiger partial charge >= 0.3 is 0 Å². The summed E-state index contributed by atoms with van der Waals surface area (Å²) in [6.45, 7) is 4.31. The van der Waals surface area contributed by atoms with Crippen LogP contribution in [0.4, 0.5) is 0 Å². The van der Waals surface area contributed by atoms with Crippen molar-refractivity contribution in [2.75, 3.05) is 6.54 Å². The van der Waals surface area contributed by atoms with E-state index in [1.54, 1.807) is 22.6 Å². The first-order valence-corrected chi connectivity index (χ1v) is 9.57. The zero-order valence-electron chi connectivity index (χ0n) is 15.2. The number of benzene rings is 1. The number of amides is 1. The highest BCUT2D eigenvalue weighted by atomic mass is 35.5. The molecule has 0 N–H and O–H groups in total. The molecule has 0 radical (unpaired) electrons. The van der Waals surface area contributed by atoms with Gasteiger partial charge < -0.3 is 4.90 Å². The van der Waals surface area contributed by atoms with Crippen LogP contribution >= 0.6 is 11.6 Å². The first-order valence-electron chi connectivity index (χ1n) is 9.19. The van der Waals surface area contributed by atoms with Crippen molar-refractivity contribution in [3.05, 3.63) is 57.0 Å². The van der Waals surface area contributed by atoms with Crippen LogP contribution in [0.15, 0.2) is 35.1 Å². The van der Waals surface area contributed by atoms with Gasteiger partial charge in [-0.2, -0.15) is 5.10 Å². The van der Waals surface area contributed by atoms with Gasteiger partial charge in [-0.1, -0.05) is 43.0 Å². The van der Waals surface area contributed by atoms with E-state index in [1.165, 1.54) is 12.5 Å². The Morgan fingerprint density at radius 2 is 1.96 bits per heavy atom. The second kappa shape index (κ2) is 8.04. The molecule has 2 aromatic rings. The minimum Gasteiger partial charge on any atom is -0.334 e. The standard InChI is InChI=1S/C20H24ClN3O2/c1-3-23(15-9-5-4-6-10-15)20(26)19-18(25)13-14(2)24(22-19)17-12-8-7-11-16(17)21/h7-8,11-13,15H,3-6,9-10H2,1-2H3. The molecule has 0 aliphatic heterocycles. The number of para-hydroxylation sites is 1. The van der Waals surface area contributed by atoms with Gasteiger partial charge in [-0.15, -0.1) is 0 Å². The van der Waals surface area contributed by atoms with Crippen LogP contribution < -0.4 is 5.43 Å². The average Bonchev–Trinajstić information content (AvgIpc) is 2.64. The summed E-state index contributed by atoms with van der Waals surface area (Å²) in [5, 5.41) is 4.91. The van der Waals surface area contributed by atoms with Gasteiger partial charge in [0.15, 0.2) is 5.69 Å². The van der Waals surface area contributed by atoms with E-state index in [-0.39, 0.29) is 23.1 Å². The molecule has 0 unspecified atom stereocenters. The summed E-state index contributed by atoms with van der Waals surface area (Å²) < 4.78 is 1.58. The van der Waals surface area contributed by atoms with E-state index in [2.05, 4.69) is 5.10 Å². The molecule has 26 heavy (non-hydrogen) atoms. The second-order valence-corrected chi connectivity index (χ2v) is 7.15. The van der Waals surface area contributed by atoms with Gasteiger partial charge in [0, 0.05) is 24.3 Å². The number of hydrogen-bond donors (Lipinski definition) is 0. The van der Waals surface area contributed by atoms with Gasteiger partial charge in [0.1, 0.15) is 0 Å². The van der Waals surface area contributed by atoms with E-state index < -0.39 is 0 Å². The molecular formula is C20H24ClN3O2. The molecule has 6 heteroatoms. The first-order chi connectivity index (χ1) is 12.5. The van der Waals surface area contributed by atoms with Gasteiger partial charge in [-0.3, -0.25) is 9.59 Å². The topological polar surface area (TPSA) is 55.2 Å². The predicted octanol–water partition coefficient (Wildman–Crippen LogP) is 3.99. The van der Waals surface area contributed by atoms with Crippen molar-refractivity contribution in [2.45, 2.75) is 52.0 Å². The Balaban J connectivity index is 2.01. The van der Waals surface area contributed by atoms with Crippen LogP contribution in [0.2, 0.25) is 5.02 Å². The zero-order valence-corrected chi connectivity index (χ0v) is 16.0. The van der Waals surface area contributed by atoms with E-state index in [0.717, 1.165) is 25.7 Å². The lowest BCUT2D eigenvalue weighted by Gasteiger charge is -2.33. The predicted molar refractivity (Wildman–Crippen MR) is 103 cm³/mol. The first kappa shape index (κ1) is 18.6. The van der Waals surface area contributed by atoms with Crippen molar-refractivity contribution in [3.8, 4) is 5.69 Å². The number of hydrogen-bond acceptors (Lipinski definition) is 3. The highest BCUT2D eigenvalue weighted by molar-refractivity contribution is 6.32. The monoisotopic (exact) mass is 373 g/mol. The summed E-state index contributed by atoms with van der Waals surface area (Å²) in [6.07, 6.45) is 5.44. The van der Waals surface area contributed by atoms with Crippen molar-refractivity contribution in [1.29, 1.82) is 0 Å². The van der Waals surface area contributed by atoms with Crippen LogP contribution in [0.25, 0.3) is 5.69 Å². The quantitative estimate of drug-likeness (QED) is 0.814. The molecule has 0 bridgehead atoms. The maximum atomic E-state index is 13.1. The van der Waals surface area contributed by atoms with E-state index in [4.69, 9.17) is 11.6 Å². The van der Waals surface area contributed by atoms with E-state index in [0.29, 0.717) is 22.9 Å². The molecule has 1 fully saturated rings. The molecule has 0 spiro atoms. The van der Waals surface area contributed by atoms with Crippen molar-refractivity contribution >= 4 is 17.5 Å². The van der Waals surface area contributed by atoms with Crippen LogP contribution in [-0.4, -0.2) is 33.2 Å². The number of carbonyl (C=O) groups is 1. The summed E-state index contributed by atoms with van der Waals surface area (Å²) >= 11 is 6.28. The fourth-order valence-electron chi connectivity index (χ4n) is 3.66. The third-order valence-electron chi connectivity index (χ3n) is 5.01. The summed E-state index contributed by atoms with van der Waals surface area (Å²) in [5.74, 6) is -0.287. The third kappa shape index (κ3) is 3.68. The Labute approximate surface area is 158 Å². The maximum Gasteiger partial charge on any atom is 0.278 e. The molecule has 0 saturated heterocycles. The van der Waals surface area contributed by atoms with E-state index in [1.807, 2.05) is 25.1 Å². The lowest BCUT2D eigenvalue weighted by Crippen LogP contribution is -2.43. The molecule has 1 aliphatic rings. The van der Waals surface area contributed by atoms with Crippen molar-refractivity contribution in [1.82, 2.24) is 14.7 Å². The van der Waals surface area contributed by atoms with E-state index >= 15 is 0 Å². The largest absolute Gasteiger partial charge is 0.334 e. The van der Waals surface area contributed by atoms with Gasteiger partial charge in [0.25, 0.3) is 5.91 Å². The van der Waals surface area contributed by atoms with Crippen molar-refractivity contribution in [2.24, 2.45) is 0 Å². The summed E-state index contributed by atoms with van der Waals surface area (Å²) in [6, 6.07) is 8.91.